The van der Waals surface area contributed by atoms with Crippen LogP contribution in [0.25, 0.3) is 0 Å². The average molecular weight is 596 g/mol. The van der Waals surface area contributed by atoms with Gasteiger partial charge in [0.25, 0.3) is 23.2 Å². The minimum absolute atomic E-state index is 0.0659. The van der Waals surface area contributed by atoms with Crippen molar-refractivity contribution in [1.29, 1.82) is 0 Å². The minimum atomic E-state index is -2.51. The predicted octanol–water partition coefficient (Wildman–Crippen LogP) is 5.98. The zero-order valence-electron chi connectivity index (χ0n) is 23.2. The molecule has 0 bridgehead atoms. The highest BCUT2D eigenvalue weighted by Gasteiger charge is 2.48. The molecule has 0 unspecified atom stereocenters. The van der Waals surface area contributed by atoms with Gasteiger partial charge in [-0.15, -0.1) is 11.8 Å². The Morgan fingerprint density at radius 3 is 2.48 bits per heavy atom. The Labute approximate surface area is 242 Å². The number of rotatable bonds is 8. The number of carbonyl (C=O) groups is 1. The number of amides is 1. The molecule has 1 amide bonds. The molecule has 1 aliphatic heterocycles. The molecule has 2 aliphatic carbocycles. The molecule has 11 heteroatoms. The van der Waals surface area contributed by atoms with Crippen molar-refractivity contribution >= 4 is 29.3 Å². The van der Waals surface area contributed by atoms with Crippen molar-refractivity contribution in [3.63, 3.8) is 0 Å². The minimum Gasteiger partial charge on any atom is -0.448 e. The van der Waals surface area contributed by atoms with Crippen LogP contribution >= 0.6 is 23.4 Å². The van der Waals surface area contributed by atoms with Gasteiger partial charge in [0.1, 0.15) is 0 Å². The fourth-order valence-corrected chi connectivity index (χ4v) is 7.02. The second kappa shape index (κ2) is 11.2. The van der Waals surface area contributed by atoms with Gasteiger partial charge in [0.15, 0.2) is 11.5 Å². The van der Waals surface area contributed by atoms with Gasteiger partial charge in [-0.25, -0.2) is 8.78 Å². The van der Waals surface area contributed by atoms with Crippen LogP contribution in [0.2, 0.25) is 5.02 Å². The number of pyridine rings is 1. The molecule has 5 rings (SSSR count). The molecule has 218 valence electrons. The first-order chi connectivity index (χ1) is 18.9. The number of alkyl halides is 2. The fraction of sp³-hybridized carbons (Fsp3) is 0.586. The molecular formula is C29H36ClF2N3O4S. The molecule has 1 aromatic heterocycles. The molecule has 0 radical (unpaired) electrons. The molecule has 3 aliphatic rings. The van der Waals surface area contributed by atoms with Gasteiger partial charge in [-0.2, -0.15) is 0 Å². The van der Waals surface area contributed by atoms with Crippen molar-refractivity contribution in [2.24, 2.45) is 11.8 Å². The number of nitrogens with one attached hydrogen (secondary N) is 3. The largest absolute Gasteiger partial charge is 0.448 e. The summed E-state index contributed by atoms with van der Waals surface area (Å²) in [7, 11) is 0. The first-order valence-electron chi connectivity index (χ1n) is 13.8. The quantitative estimate of drug-likeness (QED) is 0.325. The maximum absolute atomic E-state index is 13.2. The van der Waals surface area contributed by atoms with Crippen LogP contribution in [0.5, 0.6) is 11.5 Å². The van der Waals surface area contributed by atoms with E-state index < -0.39 is 11.7 Å². The standard InChI is InChI=1S/C29H36ClF2N3O4S/c1-15-9-23(40-4)21(27(37)35-15)14-34-26(36)20-10-22(30)25-24(16(20)2)38-28(3,39-25)18-7-5-17(6-8-18)13-33-19-11-29(31,32)12-19/h9-10,17-19,33H,5-8,11-14H2,1-4H3,(H,34,36)(H,35,37)/t17-,18-,28-/m1/s1. The predicted molar refractivity (Wildman–Crippen MR) is 152 cm³/mol. The number of hydrogen-bond acceptors (Lipinski definition) is 6. The molecule has 2 aromatic rings. The summed E-state index contributed by atoms with van der Waals surface area (Å²) in [5.74, 6) is -2.32. The third kappa shape index (κ3) is 5.85. The Kier molecular flexibility index (Phi) is 8.16. The molecule has 2 fully saturated rings. The van der Waals surface area contributed by atoms with Gasteiger partial charge in [0.05, 0.1) is 5.02 Å². The maximum atomic E-state index is 13.2. The summed E-state index contributed by atoms with van der Waals surface area (Å²) < 4.78 is 38.9. The van der Waals surface area contributed by atoms with Gasteiger partial charge in [0, 0.05) is 65.5 Å². The van der Waals surface area contributed by atoms with Gasteiger partial charge in [-0.05, 0) is 70.4 Å². The molecule has 0 spiro atoms. The van der Waals surface area contributed by atoms with E-state index in [1.165, 1.54) is 11.8 Å². The molecule has 7 nitrogen and oxygen atoms in total. The van der Waals surface area contributed by atoms with E-state index in [1.807, 2.05) is 26.2 Å². The number of aryl methyl sites for hydroxylation is 1. The zero-order valence-corrected chi connectivity index (χ0v) is 24.8. The van der Waals surface area contributed by atoms with Crippen molar-refractivity contribution in [3.8, 4) is 11.5 Å². The maximum Gasteiger partial charge on any atom is 0.254 e. The van der Waals surface area contributed by atoms with Crippen LogP contribution in [-0.4, -0.2) is 41.4 Å². The number of hydrogen-bond donors (Lipinski definition) is 3. The van der Waals surface area contributed by atoms with Crippen LogP contribution in [0.4, 0.5) is 8.78 Å². The van der Waals surface area contributed by atoms with E-state index in [0.29, 0.717) is 39.1 Å². The highest BCUT2D eigenvalue weighted by Crippen LogP contribution is 2.52. The van der Waals surface area contributed by atoms with Gasteiger partial charge >= 0.3 is 0 Å². The first kappa shape index (κ1) is 29.2. The van der Waals surface area contributed by atoms with E-state index in [1.54, 1.807) is 13.0 Å². The number of ether oxygens (including phenoxy) is 2. The monoisotopic (exact) mass is 595 g/mol. The summed E-state index contributed by atoms with van der Waals surface area (Å²) in [5.41, 5.74) is 2.02. The lowest BCUT2D eigenvalue weighted by Gasteiger charge is -2.39. The highest BCUT2D eigenvalue weighted by molar-refractivity contribution is 7.98. The SMILES string of the molecule is CSc1cc(C)[nH]c(=O)c1CNC(=O)c1cc(Cl)c2c(c1C)O[C@@](C)([C@H]1CC[C@H](CNC3CC(F)(F)C3)CC1)O2. The second-order valence-corrected chi connectivity index (χ2v) is 12.8. The van der Waals surface area contributed by atoms with Crippen molar-refractivity contribution in [1.82, 2.24) is 15.6 Å². The van der Waals surface area contributed by atoms with Crippen molar-refractivity contribution in [3.05, 3.63) is 49.9 Å². The number of aromatic nitrogens is 1. The molecular weight excluding hydrogens is 560 g/mol. The number of halogens is 3. The number of carbonyl (C=O) groups excluding carboxylic acids is 1. The first-order valence-corrected chi connectivity index (χ1v) is 15.4. The van der Waals surface area contributed by atoms with Gasteiger partial charge in [-0.3, -0.25) is 9.59 Å². The van der Waals surface area contributed by atoms with Gasteiger partial charge in [0.2, 0.25) is 0 Å². The topological polar surface area (TPSA) is 92.5 Å². The number of thioether (sulfide) groups is 1. The van der Waals surface area contributed by atoms with Crippen molar-refractivity contribution in [2.45, 2.75) is 88.5 Å². The number of benzene rings is 1. The van der Waals surface area contributed by atoms with E-state index in [0.717, 1.165) is 42.8 Å². The average Bonchev–Trinajstić information content (AvgIpc) is 3.27. The van der Waals surface area contributed by atoms with Gasteiger partial charge < -0.3 is 25.1 Å². The summed E-state index contributed by atoms with van der Waals surface area (Å²) in [6.07, 6.45) is 5.43. The third-order valence-electron chi connectivity index (χ3n) is 8.54. The van der Waals surface area contributed by atoms with Crippen LogP contribution in [0.3, 0.4) is 0 Å². The molecule has 40 heavy (non-hydrogen) atoms. The Hall–Kier alpha value is -2.30. The molecule has 2 heterocycles. The van der Waals surface area contributed by atoms with E-state index in [9.17, 15) is 18.4 Å². The third-order valence-corrected chi connectivity index (χ3v) is 9.63. The molecule has 0 saturated heterocycles. The van der Waals surface area contributed by atoms with E-state index in [2.05, 4.69) is 15.6 Å². The molecule has 3 N–H and O–H groups in total. The Morgan fingerprint density at radius 1 is 1.15 bits per heavy atom. The van der Waals surface area contributed by atoms with Crippen LogP contribution in [0.15, 0.2) is 21.8 Å². The number of fused-ring (bicyclic) bond motifs is 1. The van der Waals surface area contributed by atoms with E-state index in [4.69, 9.17) is 21.1 Å². The lowest BCUT2D eigenvalue weighted by molar-refractivity contribution is -0.123. The summed E-state index contributed by atoms with van der Waals surface area (Å²) in [6, 6.07) is 3.39. The molecule has 2 saturated carbocycles. The van der Waals surface area contributed by atoms with Crippen LogP contribution in [-0.2, 0) is 6.54 Å². The van der Waals surface area contributed by atoms with Crippen LogP contribution < -0.4 is 25.7 Å². The highest BCUT2D eigenvalue weighted by atomic mass is 35.5. The Bertz CT molecular complexity index is 1350. The summed E-state index contributed by atoms with van der Waals surface area (Å²) in [6.45, 7) is 6.37. The van der Waals surface area contributed by atoms with E-state index in [-0.39, 0.29) is 42.8 Å². The number of aromatic amines is 1. The lowest BCUT2D eigenvalue weighted by atomic mass is 9.78. The number of H-pyrrole nitrogens is 1. The molecule has 1 atom stereocenters. The Morgan fingerprint density at radius 2 is 1.82 bits per heavy atom. The van der Waals surface area contributed by atoms with E-state index >= 15 is 0 Å². The zero-order chi connectivity index (χ0) is 28.8. The summed E-state index contributed by atoms with van der Waals surface area (Å²) >= 11 is 8.05. The van der Waals surface area contributed by atoms with Gasteiger partial charge in [-0.1, -0.05) is 11.6 Å². The smallest absolute Gasteiger partial charge is 0.254 e. The van der Waals surface area contributed by atoms with Crippen molar-refractivity contribution in [2.75, 3.05) is 12.8 Å². The van der Waals surface area contributed by atoms with Crippen LogP contribution in [0, 0.1) is 25.7 Å². The Balaban J connectivity index is 1.22. The summed E-state index contributed by atoms with van der Waals surface area (Å²) in [4.78, 5) is 29.3. The van der Waals surface area contributed by atoms with Crippen LogP contribution in [0.1, 0.15) is 72.6 Å². The normalized spacial score (nSPS) is 25.5. The summed E-state index contributed by atoms with van der Waals surface area (Å²) in [5, 5.41) is 6.45. The van der Waals surface area contributed by atoms with Crippen molar-refractivity contribution < 1.29 is 23.0 Å². The molecule has 1 aromatic carbocycles. The second-order valence-electron chi connectivity index (χ2n) is 11.5. The fourth-order valence-electron chi connectivity index (χ4n) is 6.08. The lowest BCUT2D eigenvalue weighted by Crippen LogP contribution is -2.50.